The molecule has 0 aliphatic carbocycles. The van der Waals surface area contributed by atoms with Gasteiger partial charge in [0.25, 0.3) is 5.91 Å². The van der Waals surface area contributed by atoms with Crippen molar-refractivity contribution in [2.24, 2.45) is 0 Å². The lowest BCUT2D eigenvalue weighted by molar-refractivity contribution is -0.127. The second-order valence-corrected chi connectivity index (χ2v) is 3.86. The summed E-state index contributed by atoms with van der Waals surface area (Å²) in [5, 5.41) is 3.56. The first-order valence-corrected chi connectivity index (χ1v) is 5.28. The van der Waals surface area contributed by atoms with Gasteiger partial charge in [0.15, 0.2) is 5.11 Å². The topological polar surface area (TPSA) is 32.3 Å². The van der Waals surface area contributed by atoms with Crippen LogP contribution < -0.4 is 5.32 Å². The fraction of sp³-hybridized carbons (Fsp3) is 0.600. The van der Waals surface area contributed by atoms with Gasteiger partial charge in [-0.2, -0.15) is 0 Å². The van der Waals surface area contributed by atoms with Gasteiger partial charge in [0.2, 0.25) is 0 Å². The van der Waals surface area contributed by atoms with Crippen molar-refractivity contribution in [1.82, 2.24) is 10.2 Å². The zero-order valence-corrected chi connectivity index (χ0v) is 9.43. The van der Waals surface area contributed by atoms with Crippen LogP contribution in [-0.2, 0) is 4.79 Å². The highest BCUT2D eigenvalue weighted by molar-refractivity contribution is 7.80. The molecule has 1 aliphatic heterocycles. The molecular formula is C10H16N2OS. The number of nitrogens with zero attached hydrogens (tertiary/aromatic N) is 1. The monoisotopic (exact) mass is 212 g/mol. The standard InChI is InChI=1S/C10H16N2OS/c1-4-6-8-9(13)12(7(3)5-2)10(14)11-8/h5,7-8H,2,4,6H2,1,3H3,(H,11,14). The predicted molar refractivity (Wildman–Crippen MR) is 60.9 cm³/mol. The molecule has 0 bridgehead atoms. The van der Waals surface area contributed by atoms with Gasteiger partial charge >= 0.3 is 0 Å². The highest BCUT2D eigenvalue weighted by Gasteiger charge is 2.36. The number of carbonyl (C=O) groups excluding carboxylic acids is 1. The van der Waals surface area contributed by atoms with Crippen LogP contribution in [0.2, 0.25) is 0 Å². The van der Waals surface area contributed by atoms with Crippen LogP contribution in [0.5, 0.6) is 0 Å². The maximum atomic E-state index is 11.8. The summed E-state index contributed by atoms with van der Waals surface area (Å²) in [6.45, 7) is 7.63. The first-order chi connectivity index (χ1) is 6.61. The fourth-order valence-corrected chi connectivity index (χ4v) is 1.92. The summed E-state index contributed by atoms with van der Waals surface area (Å²) in [6.07, 6.45) is 3.53. The van der Waals surface area contributed by atoms with Gasteiger partial charge in [-0.15, -0.1) is 6.58 Å². The number of nitrogens with one attached hydrogen (secondary N) is 1. The Bertz CT molecular complexity index is 265. The molecule has 1 rings (SSSR count). The number of amides is 1. The molecular weight excluding hydrogens is 196 g/mol. The van der Waals surface area contributed by atoms with Gasteiger partial charge in [0.05, 0.1) is 6.04 Å². The smallest absolute Gasteiger partial charge is 0.251 e. The molecule has 1 N–H and O–H groups in total. The Morgan fingerprint density at radius 2 is 2.43 bits per heavy atom. The third-order valence-electron chi connectivity index (χ3n) is 2.38. The summed E-state index contributed by atoms with van der Waals surface area (Å²) in [4.78, 5) is 13.4. The van der Waals surface area contributed by atoms with E-state index < -0.39 is 0 Å². The van der Waals surface area contributed by atoms with E-state index in [-0.39, 0.29) is 18.0 Å². The molecule has 3 nitrogen and oxygen atoms in total. The van der Waals surface area contributed by atoms with E-state index in [4.69, 9.17) is 12.2 Å². The molecule has 1 aliphatic rings. The minimum Gasteiger partial charge on any atom is -0.350 e. The van der Waals surface area contributed by atoms with E-state index in [2.05, 4.69) is 18.8 Å². The summed E-state index contributed by atoms with van der Waals surface area (Å²) >= 11 is 5.10. The molecule has 1 saturated heterocycles. The lowest BCUT2D eigenvalue weighted by atomic mass is 10.1. The molecule has 0 saturated carbocycles. The van der Waals surface area contributed by atoms with Crippen molar-refractivity contribution in [3.8, 4) is 0 Å². The van der Waals surface area contributed by atoms with Gasteiger partial charge in [-0.05, 0) is 25.6 Å². The maximum Gasteiger partial charge on any atom is 0.251 e. The number of thiocarbonyl (C=S) groups is 1. The Balaban J connectivity index is 2.74. The SMILES string of the molecule is C=CC(C)N1C(=O)C(CCC)NC1=S. The highest BCUT2D eigenvalue weighted by atomic mass is 32.1. The summed E-state index contributed by atoms with van der Waals surface area (Å²) in [5.74, 6) is 0.0734. The van der Waals surface area contributed by atoms with Gasteiger partial charge in [-0.25, -0.2) is 0 Å². The van der Waals surface area contributed by atoms with E-state index in [1.165, 1.54) is 0 Å². The molecule has 4 heteroatoms. The third kappa shape index (κ3) is 1.95. The van der Waals surface area contributed by atoms with Crippen molar-refractivity contribution in [1.29, 1.82) is 0 Å². The van der Waals surface area contributed by atoms with Crippen LogP contribution in [0.1, 0.15) is 26.7 Å². The molecule has 0 aromatic carbocycles. The Labute approximate surface area is 90.2 Å². The van der Waals surface area contributed by atoms with Crippen molar-refractivity contribution >= 4 is 23.2 Å². The number of rotatable bonds is 4. The summed E-state index contributed by atoms with van der Waals surface area (Å²) in [7, 11) is 0. The molecule has 1 fully saturated rings. The molecule has 0 aromatic heterocycles. The van der Waals surface area contributed by atoms with E-state index in [9.17, 15) is 4.79 Å². The quantitative estimate of drug-likeness (QED) is 0.565. The molecule has 2 atom stereocenters. The third-order valence-corrected chi connectivity index (χ3v) is 2.69. The number of hydrogen-bond donors (Lipinski definition) is 1. The molecule has 0 aromatic rings. The minimum absolute atomic E-state index is 0.0237. The van der Waals surface area contributed by atoms with Crippen molar-refractivity contribution in [3.05, 3.63) is 12.7 Å². The number of hydrogen-bond acceptors (Lipinski definition) is 2. The largest absolute Gasteiger partial charge is 0.350 e. The molecule has 78 valence electrons. The lowest BCUT2D eigenvalue weighted by Crippen LogP contribution is -2.37. The van der Waals surface area contributed by atoms with Crippen LogP contribution in [0.4, 0.5) is 0 Å². The first-order valence-electron chi connectivity index (χ1n) is 4.88. The minimum atomic E-state index is -0.130. The van der Waals surface area contributed by atoms with Crippen molar-refractivity contribution in [2.45, 2.75) is 38.8 Å². The Morgan fingerprint density at radius 1 is 1.79 bits per heavy atom. The Hall–Kier alpha value is -0.900. The van der Waals surface area contributed by atoms with Crippen LogP contribution in [0.25, 0.3) is 0 Å². The Kier molecular flexibility index (Phi) is 3.63. The van der Waals surface area contributed by atoms with Gasteiger partial charge in [0.1, 0.15) is 6.04 Å². The van der Waals surface area contributed by atoms with E-state index >= 15 is 0 Å². The summed E-state index contributed by atoms with van der Waals surface area (Å²) in [5.41, 5.74) is 0. The van der Waals surface area contributed by atoms with Gasteiger partial charge in [0, 0.05) is 0 Å². The van der Waals surface area contributed by atoms with Crippen LogP contribution in [0.15, 0.2) is 12.7 Å². The molecule has 0 radical (unpaired) electrons. The molecule has 2 unspecified atom stereocenters. The van der Waals surface area contributed by atoms with Crippen LogP contribution in [-0.4, -0.2) is 28.0 Å². The van der Waals surface area contributed by atoms with E-state index in [0.29, 0.717) is 5.11 Å². The lowest BCUT2D eigenvalue weighted by Gasteiger charge is -2.19. The van der Waals surface area contributed by atoms with Crippen LogP contribution in [0, 0.1) is 0 Å². The van der Waals surface area contributed by atoms with Crippen molar-refractivity contribution in [2.75, 3.05) is 0 Å². The molecule has 14 heavy (non-hydrogen) atoms. The van der Waals surface area contributed by atoms with Gasteiger partial charge in [-0.3, -0.25) is 9.69 Å². The second kappa shape index (κ2) is 4.55. The number of carbonyl (C=O) groups is 1. The molecule has 1 heterocycles. The zero-order valence-electron chi connectivity index (χ0n) is 8.62. The molecule has 0 spiro atoms. The summed E-state index contributed by atoms with van der Waals surface area (Å²) in [6, 6.07) is -0.153. The normalized spacial score (nSPS) is 23.6. The van der Waals surface area contributed by atoms with Crippen LogP contribution >= 0.6 is 12.2 Å². The van der Waals surface area contributed by atoms with E-state index in [1.54, 1.807) is 11.0 Å². The average molecular weight is 212 g/mol. The average Bonchev–Trinajstić information content (AvgIpc) is 2.42. The second-order valence-electron chi connectivity index (χ2n) is 3.48. The summed E-state index contributed by atoms with van der Waals surface area (Å²) < 4.78 is 0. The van der Waals surface area contributed by atoms with E-state index in [0.717, 1.165) is 12.8 Å². The fourth-order valence-electron chi connectivity index (χ4n) is 1.52. The zero-order chi connectivity index (χ0) is 10.7. The van der Waals surface area contributed by atoms with Gasteiger partial charge in [-0.1, -0.05) is 19.4 Å². The first kappa shape index (κ1) is 11.2. The van der Waals surface area contributed by atoms with Gasteiger partial charge < -0.3 is 5.32 Å². The predicted octanol–water partition coefficient (Wildman–Crippen LogP) is 1.45. The highest BCUT2D eigenvalue weighted by Crippen LogP contribution is 2.14. The Morgan fingerprint density at radius 3 is 2.93 bits per heavy atom. The van der Waals surface area contributed by atoms with Crippen molar-refractivity contribution in [3.63, 3.8) is 0 Å². The van der Waals surface area contributed by atoms with Crippen molar-refractivity contribution < 1.29 is 4.79 Å². The maximum absolute atomic E-state index is 11.8. The van der Waals surface area contributed by atoms with Crippen LogP contribution in [0.3, 0.4) is 0 Å². The molecule has 1 amide bonds. The van der Waals surface area contributed by atoms with E-state index in [1.807, 2.05) is 6.92 Å².